The number of nitrogens with one attached hydrogen (secondary N) is 1. The lowest BCUT2D eigenvalue weighted by Gasteiger charge is -2.27. The van der Waals surface area contributed by atoms with E-state index in [0.29, 0.717) is 24.6 Å². The van der Waals surface area contributed by atoms with E-state index < -0.39 is 0 Å². The maximum Gasteiger partial charge on any atom is 0.256 e. The van der Waals surface area contributed by atoms with Crippen LogP contribution < -0.4 is 5.32 Å². The fraction of sp³-hybridized carbons (Fsp3) is 0.545. The summed E-state index contributed by atoms with van der Waals surface area (Å²) in [4.78, 5) is 20.6. The quantitative estimate of drug-likeness (QED) is 0.641. The molecule has 0 unspecified atom stereocenters. The second kappa shape index (κ2) is 5.01. The number of hydrogen-bond acceptors (Lipinski definition) is 5. The molecule has 17 heavy (non-hydrogen) atoms. The molecule has 1 N–H and O–H groups in total. The number of carbonyl (C=O) groups excluding carboxylic acids is 1. The first kappa shape index (κ1) is 12.3. The van der Waals surface area contributed by atoms with Gasteiger partial charge in [0.15, 0.2) is 0 Å². The van der Waals surface area contributed by atoms with E-state index in [1.807, 2.05) is 20.1 Å². The molecule has 1 saturated heterocycles. The Bertz CT molecular complexity index is 447. The smallest absolute Gasteiger partial charge is 0.256 e. The number of hydrogen-bond donors (Lipinski definition) is 1. The summed E-state index contributed by atoms with van der Waals surface area (Å²) in [5, 5.41) is 3.64. The summed E-state index contributed by atoms with van der Waals surface area (Å²) in [6, 6.07) is 0.123. The van der Waals surface area contributed by atoms with Crippen molar-refractivity contribution < 1.29 is 9.53 Å². The fourth-order valence-corrected chi connectivity index (χ4v) is 2.33. The molecular weight excluding hydrogens is 238 g/mol. The molecule has 0 radical (unpaired) electrons. The molecule has 2 heterocycles. The summed E-state index contributed by atoms with van der Waals surface area (Å²) in [5.74, 6) is 0.579. The number of aromatic nitrogens is 2. The molecule has 0 saturated carbocycles. The third-order valence-electron chi connectivity index (χ3n) is 2.56. The predicted octanol–water partition coefficient (Wildman–Crippen LogP) is 0.944. The van der Waals surface area contributed by atoms with Gasteiger partial charge in [0.1, 0.15) is 10.9 Å². The molecule has 0 spiro atoms. The first-order chi connectivity index (χ1) is 8.11. The standard InChI is InChI=1S/C11H15N3O2S/c1-6-9(10(15)14-8-4-16-5-8)11(17-3)13-7(2)12-6/h8H,4-5H2,1-3H3,(H,14,15). The van der Waals surface area contributed by atoms with Gasteiger partial charge in [0.05, 0.1) is 30.5 Å². The van der Waals surface area contributed by atoms with Crippen molar-refractivity contribution in [2.45, 2.75) is 24.9 Å². The van der Waals surface area contributed by atoms with Crippen molar-refractivity contribution in [1.82, 2.24) is 15.3 Å². The molecule has 0 aliphatic carbocycles. The number of carbonyl (C=O) groups is 1. The van der Waals surface area contributed by atoms with Crippen LogP contribution in [0.2, 0.25) is 0 Å². The molecule has 1 aliphatic rings. The van der Waals surface area contributed by atoms with Crippen LogP contribution in [0.4, 0.5) is 0 Å². The maximum atomic E-state index is 12.1. The molecule has 1 amide bonds. The topological polar surface area (TPSA) is 64.1 Å². The van der Waals surface area contributed by atoms with E-state index in [4.69, 9.17) is 4.74 Å². The van der Waals surface area contributed by atoms with Crippen LogP contribution in [0.5, 0.6) is 0 Å². The van der Waals surface area contributed by atoms with Gasteiger partial charge >= 0.3 is 0 Å². The van der Waals surface area contributed by atoms with E-state index in [9.17, 15) is 4.79 Å². The van der Waals surface area contributed by atoms with Crippen molar-refractivity contribution in [3.05, 3.63) is 17.1 Å². The van der Waals surface area contributed by atoms with Gasteiger partial charge in [-0.1, -0.05) is 0 Å². The lowest BCUT2D eigenvalue weighted by molar-refractivity contribution is -0.00354. The normalized spacial score (nSPS) is 15.5. The molecule has 2 rings (SSSR count). The van der Waals surface area contributed by atoms with Crippen molar-refractivity contribution in [2.75, 3.05) is 19.5 Å². The van der Waals surface area contributed by atoms with Gasteiger partial charge in [-0.15, -0.1) is 11.8 Å². The molecule has 6 heteroatoms. The first-order valence-electron chi connectivity index (χ1n) is 5.39. The molecule has 1 aliphatic heterocycles. The lowest BCUT2D eigenvalue weighted by atomic mass is 10.2. The Balaban J connectivity index is 2.26. The highest BCUT2D eigenvalue weighted by Gasteiger charge is 2.24. The van der Waals surface area contributed by atoms with Gasteiger partial charge in [0, 0.05) is 0 Å². The van der Waals surface area contributed by atoms with E-state index in [1.165, 1.54) is 11.8 Å². The van der Waals surface area contributed by atoms with Crippen LogP contribution in [-0.4, -0.2) is 41.4 Å². The van der Waals surface area contributed by atoms with Crippen LogP contribution in [0.25, 0.3) is 0 Å². The Morgan fingerprint density at radius 1 is 1.41 bits per heavy atom. The molecule has 0 bridgehead atoms. The molecular formula is C11H15N3O2S. The summed E-state index contributed by atoms with van der Waals surface area (Å²) >= 11 is 1.46. The summed E-state index contributed by atoms with van der Waals surface area (Å²) < 4.78 is 5.03. The molecule has 0 aromatic carbocycles. The minimum Gasteiger partial charge on any atom is -0.377 e. The largest absolute Gasteiger partial charge is 0.377 e. The van der Waals surface area contributed by atoms with Crippen molar-refractivity contribution in [2.24, 2.45) is 0 Å². The van der Waals surface area contributed by atoms with Crippen LogP contribution in [0, 0.1) is 13.8 Å². The summed E-state index contributed by atoms with van der Waals surface area (Å²) in [6.07, 6.45) is 1.91. The lowest BCUT2D eigenvalue weighted by Crippen LogP contribution is -2.48. The molecule has 92 valence electrons. The summed E-state index contributed by atoms with van der Waals surface area (Å²) in [7, 11) is 0. The molecule has 1 aromatic heterocycles. The third kappa shape index (κ3) is 2.58. The highest BCUT2D eigenvalue weighted by Crippen LogP contribution is 2.20. The Kier molecular flexibility index (Phi) is 3.63. The van der Waals surface area contributed by atoms with Crippen molar-refractivity contribution in [3.8, 4) is 0 Å². The zero-order valence-electron chi connectivity index (χ0n) is 10.1. The highest BCUT2D eigenvalue weighted by atomic mass is 32.2. The summed E-state index contributed by atoms with van der Waals surface area (Å²) in [6.45, 7) is 4.84. The van der Waals surface area contributed by atoms with E-state index in [2.05, 4.69) is 15.3 Å². The summed E-state index contributed by atoms with van der Waals surface area (Å²) in [5.41, 5.74) is 1.30. The Labute approximate surface area is 104 Å². The average Bonchev–Trinajstić information content (AvgIpc) is 2.21. The van der Waals surface area contributed by atoms with Crippen LogP contribution in [0.1, 0.15) is 21.9 Å². The van der Waals surface area contributed by atoms with E-state index >= 15 is 0 Å². The second-order valence-electron chi connectivity index (χ2n) is 3.95. The van der Waals surface area contributed by atoms with Gasteiger partial charge in [-0.3, -0.25) is 4.79 Å². The van der Waals surface area contributed by atoms with E-state index in [-0.39, 0.29) is 11.9 Å². The minimum absolute atomic E-state index is 0.111. The monoisotopic (exact) mass is 253 g/mol. The van der Waals surface area contributed by atoms with Crippen molar-refractivity contribution >= 4 is 17.7 Å². The van der Waals surface area contributed by atoms with Gasteiger partial charge in [0.2, 0.25) is 0 Å². The number of thioether (sulfide) groups is 1. The van der Waals surface area contributed by atoms with E-state index in [0.717, 1.165) is 10.7 Å². The number of rotatable bonds is 3. The number of ether oxygens (including phenoxy) is 1. The zero-order valence-corrected chi connectivity index (χ0v) is 10.9. The Morgan fingerprint density at radius 3 is 2.65 bits per heavy atom. The third-order valence-corrected chi connectivity index (χ3v) is 3.24. The molecule has 1 aromatic rings. The zero-order chi connectivity index (χ0) is 12.4. The van der Waals surface area contributed by atoms with Crippen LogP contribution in [-0.2, 0) is 4.74 Å². The maximum absolute atomic E-state index is 12.1. The molecule has 0 atom stereocenters. The fourth-order valence-electron chi connectivity index (χ4n) is 1.67. The van der Waals surface area contributed by atoms with Gasteiger partial charge < -0.3 is 10.1 Å². The van der Waals surface area contributed by atoms with Gasteiger partial charge in [-0.2, -0.15) is 0 Å². The van der Waals surface area contributed by atoms with Crippen molar-refractivity contribution in [3.63, 3.8) is 0 Å². The van der Waals surface area contributed by atoms with Crippen molar-refractivity contribution in [1.29, 1.82) is 0 Å². The van der Waals surface area contributed by atoms with Gasteiger partial charge in [-0.25, -0.2) is 9.97 Å². The highest BCUT2D eigenvalue weighted by molar-refractivity contribution is 7.98. The second-order valence-corrected chi connectivity index (χ2v) is 4.74. The van der Waals surface area contributed by atoms with Gasteiger partial charge in [0.25, 0.3) is 5.91 Å². The molecule has 1 fully saturated rings. The number of aryl methyl sites for hydroxylation is 2. The predicted molar refractivity (Wildman–Crippen MR) is 65.4 cm³/mol. The Morgan fingerprint density at radius 2 is 2.12 bits per heavy atom. The Hall–Kier alpha value is -1.14. The van der Waals surface area contributed by atoms with Gasteiger partial charge in [-0.05, 0) is 20.1 Å². The number of amides is 1. The minimum atomic E-state index is -0.111. The van der Waals surface area contributed by atoms with Crippen LogP contribution in [0.3, 0.4) is 0 Å². The molecule has 5 nitrogen and oxygen atoms in total. The average molecular weight is 253 g/mol. The van der Waals surface area contributed by atoms with Crippen LogP contribution in [0.15, 0.2) is 5.03 Å². The van der Waals surface area contributed by atoms with Crippen LogP contribution >= 0.6 is 11.8 Å². The first-order valence-corrected chi connectivity index (χ1v) is 6.62. The number of nitrogens with zero attached hydrogens (tertiary/aromatic N) is 2. The van der Waals surface area contributed by atoms with E-state index in [1.54, 1.807) is 0 Å². The SMILES string of the molecule is CSc1nc(C)nc(C)c1C(=O)NC1COC1.